The van der Waals surface area contributed by atoms with Crippen LogP contribution in [0.3, 0.4) is 0 Å². The van der Waals surface area contributed by atoms with Crippen LogP contribution < -0.4 is 0 Å². The smallest absolute Gasteiger partial charge is 0.333 e. The molecule has 0 fully saturated rings. The summed E-state index contributed by atoms with van der Waals surface area (Å²) in [6, 6.07) is 0. The van der Waals surface area contributed by atoms with Gasteiger partial charge in [0.1, 0.15) is 5.76 Å². The van der Waals surface area contributed by atoms with Gasteiger partial charge in [-0.1, -0.05) is 95.7 Å². The molecule has 0 aliphatic carbocycles. The number of carbonyl (C=O) groups excluding carboxylic acids is 1. The lowest BCUT2D eigenvalue weighted by atomic mass is 10.1. The molecule has 0 aliphatic rings. The topological polar surface area (TPSA) is 35.5 Å². The zero-order valence-electron chi connectivity index (χ0n) is 22.3. The zero-order valence-corrected chi connectivity index (χ0v) is 22.3. The standard InChI is InChI=1S/C31H42O3/c1-10-33-30(9)28(7)22-26(5)20-14-18-24(3)16-12-13-17-25(4)19-15-21-27(6)23-29(8)31(32)34-11-2/h12-23H,9-11H2,1-8H3/b13-12+,18-14+,19-15+,24-16+,25-17+,26-20+,27-21+,28-22+,29-23+. The molecule has 0 bridgehead atoms. The summed E-state index contributed by atoms with van der Waals surface area (Å²) in [5, 5.41) is 0. The van der Waals surface area contributed by atoms with Crippen LogP contribution in [0.15, 0.2) is 119 Å². The van der Waals surface area contributed by atoms with Crippen LogP contribution in [-0.4, -0.2) is 19.2 Å². The average molecular weight is 463 g/mol. The second-order valence-electron chi connectivity index (χ2n) is 7.98. The molecule has 0 radical (unpaired) electrons. The fourth-order valence-electron chi connectivity index (χ4n) is 2.68. The molecule has 0 spiro atoms. The van der Waals surface area contributed by atoms with Crippen molar-refractivity contribution < 1.29 is 14.3 Å². The third-order valence-corrected chi connectivity index (χ3v) is 4.51. The first-order chi connectivity index (χ1) is 16.1. The van der Waals surface area contributed by atoms with Crippen molar-refractivity contribution in [3.8, 4) is 0 Å². The summed E-state index contributed by atoms with van der Waals surface area (Å²) in [7, 11) is 0. The molecule has 184 valence electrons. The van der Waals surface area contributed by atoms with Crippen molar-refractivity contribution in [2.24, 2.45) is 0 Å². The molecule has 0 saturated heterocycles. The number of hydrogen-bond acceptors (Lipinski definition) is 3. The number of esters is 1. The van der Waals surface area contributed by atoms with E-state index in [4.69, 9.17) is 9.47 Å². The van der Waals surface area contributed by atoms with Crippen molar-refractivity contribution in [3.63, 3.8) is 0 Å². The molecule has 3 heteroatoms. The van der Waals surface area contributed by atoms with Crippen LogP contribution in [0.2, 0.25) is 0 Å². The van der Waals surface area contributed by atoms with Crippen molar-refractivity contribution in [2.45, 2.75) is 55.4 Å². The molecule has 0 aromatic heterocycles. The van der Waals surface area contributed by atoms with Crippen molar-refractivity contribution in [1.82, 2.24) is 0 Å². The minimum atomic E-state index is -0.277. The summed E-state index contributed by atoms with van der Waals surface area (Å²) in [6.45, 7) is 20.6. The van der Waals surface area contributed by atoms with E-state index in [2.05, 4.69) is 50.8 Å². The normalized spacial score (nSPS) is 15.1. The Morgan fingerprint density at radius 2 is 1.03 bits per heavy atom. The van der Waals surface area contributed by atoms with E-state index in [1.54, 1.807) is 13.8 Å². The van der Waals surface area contributed by atoms with Crippen molar-refractivity contribution in [1.29, 1.82) is 0 Å². The third kappa shape index (κ3) is 15.5. The minimum absolute atomic E-state index is 0.277. The maximum Gasteiger partial charge on any atom is 0.333 e. The summed E-state index contributed by atoms with van der Waals surface area (Å²) in [5.74, 6) is 0.436. The SMILES string of the molecule is C=C(OCC)/C(C)=C/C(C)=C/C=C/C(C)=C/C=C/C=C(C)/C=C/C=C(C)/C=C(\C)C(=O)OCC. The lowest BCUT2D eigenvalue weighted by Crippen LogP contribution is -2.04. The van der Waals surface area contributed by atoms with E-state index in [1.165, 1.54) is 0 Å². The van der Waals surface area contributed by atoms with Crippen LogP contribution in [0.1, 0.15) is 55.4 Å². The van der Waals surface area contributed by atoms with Gasteiger partial charge in [0.05, 0.1) is 13.2 Å². The Morgan fingerprint density at radius 3 is 1.47 bits per heavy atom. The van der Waals surface area contributed by atoms with Gasteiger partial charge in [0.2, 0.25) is 0 Å². The summed E-state index contributed by atoms with van der Waals surface area (Å²) >= 11 is 0. The fraction of sp³-hybridized carbons (Fsp3) is 0.323. The zero-order chi connectivity index (χ0) is 25.9. The molecule has 0 heterocycles. The molecule has 0 N–H and O–H groups in total. The Morgan fingerprint density at radius 1 is 0.618 bits per heavy atom. The lowest BCUT2D eigenvalue weighted by Gasteiger charge is -2.06. The summed E-state index contributed by atoms with van der Waals surface area (Å²) in [6.07, 6.45) is 24.2. The summed E-state index contributed by atoms with van der Waals surface area (Å²) in [5.41, 5.74) is 6.04. The number of hydrogen-bond donors (Lipinski definition) is 0. The molecule has 0 atom stereocenters. The van der Waals surface area contributed by atoms with Crippen LogP contribution in [0.25, 0.3) is 0 Å². The molecule has 34 heavy (non-hydrogen) atoms. The van der Waals surface area contributed by atoms with E-state index in [9.17, 15) is 4.79 Å². The predicted octanol–water partition coefficient (Wildman–Crippen LogP) is 8.45. The van der Waals surface area contributed by atoms with Crippen LogP contribution in [-0.2, 0) is 14.3 Å². The second-order valence-corrected chi connectivity index (χ2v) is 7.98. The second kappa shape index (κ2) is 18.1. The first-order valence-corrected chi connectivity index (χ1v) is 11.7. The number of ether oxygens (including phenoxy) is 2. The molecular weight excluding hydrogens is 420 g/mol. The van der Waals surface area contributed by atoms with Gasteiger partial charge in [0.25, 0.3) is 0 Å². The van der Waals surface area contributed by atoms with Gasteiger partial charge in [-0.05, 0) is 67.0 Å². The van der Waals surface area contributed by atoms with E-state index in [1.807, 2.05) is 70.2 Å². The van der Waals surface area contributed by atoms with Gasteiger partial charge in [-0.3, -0.25) is 0 Å². The molecule has 0 unspecified atom stereocenters. The van der Waals surface area contributed by atoms with Gasteiger partial charge in [0.15, 0.2) is 0 Å². The Labute approximate surface area is 207 Å². The van der Waals surface area contributed by atoms with Crippen molar-refractivity contribution in [3.05, 3.63) is 119 Å². The highest BCUT2D eigenvalue weighted by molar-refractivity contribution is 5.88. The Kier molecular flexibility index (Phi) is 16.4. The van der Waals surface area contributed by atoms with E-state index >= 15 is 0 Å². The molecule has 0 amide bonds. The van der Waals surface area contributed by atoms with Gasteiger partial charge >= 0.3 is 5.97 Å². The first-order valence-electron chi connectivity index (χ1n) is 11.7. The highest BCUT2D eigenvalue weighted by Gasteiger charge is 2.03. The lowest BCUT2D eigenvalue weighted by molar-refractivity contribution is -0.138. The van der Waals surface area contributed by atoms with Crippen LogP contribution in [0, 0.1) is 0 Å². The first kappa shape index (κ1) is 30.7. The Hall–Kier alpha value is -3.33. The van der Waals surface area contributed by atoms with Gasteiger partial charge in [-0.2, -0.15) is 0 Å². The van der Waals surface area contributed by atoms with E-state index in [0.29, 0.717) is 24.5 Å². The average Bonchev–Trinajstić information content (AvgIpc) is 2.76. The van der Waals surface area contributed by atoms with Gasteiger partial charge in [-0.25, -0.2) is 4.79 Å². The number of carbonyl (C=O) groups is 1. The maximum absolute atomic E-state index is 11.7. The van der Waals surface area contributed by atoms with Crippen LogP contribution in [0.5, 0.6) is 0 Å². The maximum atomic E-state index is 11.7. The molecule has 0 aromatic rings. The third-order valence-electron chi connectivity index (χ3n) is 4.51. The van der Waals surface area contributed by atoms with E-state index in [-0.39, 0.29) is 5.97 Å². The van der Waals surface area contributed by atoms with Crippen molar-refractivity contribution >= 4 is 5.97 Å². The molecule has 0 saturated carbocycles. The number of rotatable bonds is 13. The number of allylic oxidation sites excluding steroid dienone is 17. The monoisotopic (exact) mass is 462 g/mol. The molecule has 3 nitrogen and oxygen atoms in total. The predicted molar refractivity (Wildman–Crippen MR) is 147 cm³/mol. The van der Waals surface area contributed by atoms with Gasteiger partial charge in [-0.15, -0.1) is 0 Å². The molecular formula is C31H42O3. The quantitative estimate of drug-likeness (QED) is 0.119. The largest absolute Gasteiger partial charge is 0.494 e. The Balaban J connectivity index is 4.87. The minimum Gasteiger partial charge on any atom is -0.494 e. The van der Waals surface area contributed by atoms with Crippen molar-refractivity contribution in [2.75, 3.05) is 13.2 Å². The van der Waals surface area contributed by atoms with Crippen LogP contribution in [0.4, 0.5) is 0 Å². The molecule has 0 rings (SSSR count). The molecule has 0 aromatic carbocycles. The van der Waals surface area contributed by atoms with E-state index < -0.39 is 0 Å². The van der Waals surface area contributed by atoms with Crippen LogP contribution >= 0.6 is 0 Å². The molecule has 0 aliphatic heterocycles. The van der Waals surface area contributed by atoms with E-state index in [0.717, 1.165) is 27.9 Å². The summed E-state index contributed by atoms with van der Waals surface area (Å²) < 4.78 is 10.4. The highest BCUT2D eigenvalue weighted by Crippen LogP contribution is 2.12. The summed E-state index contributed by atoms with van der Waals surface area (Å²) in [4.78, 5) is 11.7. The Bertz CT molecular complexity index is 877. The fourth-order valence-corrected chi connectivity index (χ4v) is 2.68. The van der Waals surface area contributed by atoms with Gasteiger partial charge < -0.3 is 9.47 Å². The highest BCUT2D eigenvalue weighted by atomic mass is 16.5. The van der Waals surface area contributed by atoms with Gasteiger partial charge in [0, 0.05) is 5.57 Å².